The molecule has 77 heavy (non-hydrogen) atoms. The minimum Gasteiger partial charge on any atom is -0.497 e. The van der Waals surface area contributed by atoms with Crippen molar-refractivity contribution in [2.45, 2.75) is 168 Å². The minimum absolute atomic E-state index is 0.00511. The number of fused-ring (bicyclic) bond motifs is 5. The van der Waals surface area contributed by atoms with Gasteiger partial charge in [-0.2, -0.15) is 0 Å². The quantitative estimate of drug-likeness (QED) is 0.0344. The number of alkyl carbamates (subject to hydrolysis) is 1. The van der Waals surface area contributed by atoms with Gasteiger partial charge in [0.15, 0.2) is 0 Å². The number of allylic oxidation sites excluding steroid dienone is 1. The molecule has 1 heterocycles. The Morgan fingerprint density at radius 1 is 0.779 bits per heavy atom. The summed E-state index contributed by atoms with van der Waals surface area (Å²) in [5.74, 6) is 4.26. The van der Waals surface area contributed by atoms with E-state index in [0.29, 0.717) is 43.5 Å². The summed E-state index contributed by atoms with van der Waals surface area (Å²) < 4.78 is 24.9. The molecule has 1 aliphatic heterocycles. The number of carbonyl (C=O) groups is 4. The number of ether oxygens (including phenoxy) is 4. The summed E-state index contributed by atoms with van der Waals surface area (Å²) in [7, 11) is 3.15. The van der Waals surface area contributed by atoms with Crippen molar-refractivity contribution in [3.8, 4) is 5.75 Å². The number of rotatable bonds is 24. The molecule has 11 atom stereocenters. The van der Waals surface area contributed by atoms with E-state index < -0.39 is 17.7 Å². The molecule has 3 N–H and O–H groups in total. The van der Waals surface area contributed by atoms with Crippen molar-refractivity contribution >= 4 is 23.9 Å². The Bertz CT molecular complexity index is 2410. The van der Waals surface area contributed by atoms with E-state index >= 15 is 0 Å². The number of nitrogens with one attached hydrogen (secondary N) is 2. The number of carbonyl (C=O) groups excluding carboxylic acids is 4. The summed E-state index contributed by atoms with van der Waals surface area (Å²) in [5, 5.41) is 15.5. The van der Waals surface area contributed by atoms with Crippen molar-refractivity contribution < 1.29 is 43.2 Å². The lowest BCUT2D eigenvalue weighted by Crippen LogP contribution is -2.51. The second-order valence-corrected chi connectivity index (χ2v) is 24.5. The van der Waals surface area contributed by atoms with Crippen LogP contribution in [0.5, 0.6) is 5.75 Å². The first-order valence-electron chi connectivity index (χ1n) is 29.5. The van der Waals surface area contributed by atoms with E-state index in [0.717, 1.165) is 83.4 Å². The molecule has 3 aromatic carbocycles. The Balaban J connectivity index is 0.831. The molecule has 0 spiro atoms. The van der Waals surface area contributed by atoms with Crippen LogP contribution >= 0.6 is 0 Å². The van der Waals surface area contributed by atoms with E-state index in [9.17, 15) is 24.3 Å². The topological polar surface area (TPSA) is 153 Å². The molecule has 12 heteroatoms. The van der Waals surface area contributed by atoms with Crippen LogP contribution in [0.4, 0.5) is 4.79 Å². The number of hydrogen-bond acceptors (Lipinski definition) is 9. The molecule has 0 radical (unpaired) electrons. The zero-order valence-corrected chi connectivity index (χ0v) is 47.5. The van der Waals surface area contributed by atoms with Crippen molar-refractivity contribution in [1.29, 1.82) is 0 Å². The summed E-state index contributed by atoms with van der Waals surface area (Å²) in [5.41, 5.74) is 4.35. The highest BCUT2D eigenvalue weighted by Gasteiger charge is 2.59. The molecule has 4 aliphatic carbocycles. The van der Waals surface area contributed by atoms with Crippen LogP contribution in [0.1, 0.15) is 166 Å². The van der Waals surface area contributed by atoms with E-state index in [1.165, 1.54) is 64.0 Å². The van der Waals surface area contributed by atoms with Gasteiger partial charge < -0.3 is 39.6 Å². The second kappa shape index (κ2) is 26.2. The summed E-state index contributed by atoms with van der Waals surface area (Å²) in [6, 6.07) is 25.3. The van der Waals surface area contributed by atoms with Crippen LogP contribution < -0.4 is 15.4 Å². The first kappa shape index (κ1) is 58.0. The summed E-state index contributed by atoms with van der Waals surface area (Å²) in [6.07, 6.45) is 17.3. The molecule has 420 valence electrons. The molecule has 1 saturated heterocycles. The lowest BCUT2D eigenvalue weighted by atomic mass is 9.47. The third-order valence-corrected chi connectivity index (χ3v) is 19.5. The van der Waals surface area contributed by atoms with Gasteiger partial charge in [-0.15, -0.1) is 0 Å². The molecule has 3 aromatic rings. The van der Waals surface area contributed by atoms with Crippen molar-refractivity contribution in [2.75, 3.05) is 40.4 Å². The fraction of sp³-hybridized carbons (Fsp3) is 0.631. The maximum absolute atomic E-state index is 13.9. The van der Waals surface area contributed by atoms with Gasteiger partial charge in [-0.05, 0) is 139 Å². The Morgan fingerprint density at radius 2 is 1.51 bits per heavy atom. The molecule has 4 fully saturated rings. The highest BCUT2D eigenvalue weighted by atomic mass is 16.6. The molecule has 5 aliphatic rings. The van der Waals surface area contributed by atoms with Crippen LogP contribution in [0.25, 0.3) is 0 Å². The predicted molar refractivity (Wildman–Crippen MR) is 301 cm³/mol. The first-order chi connectivity index (χ1) is 37.1. The van der Waals surface area contributed by atoms with Crippen LogP contribution in [0.15, 0.2) is 90.5 Å². The lowest BCUT2D eigenvalue weighted by molar-refractivity contribution is -0.153. The van der Waals surface area contributed by atoms with Gasteiger partial charge in [0.2, 0.25) is 11.8 Å². The fourth-order valence-electron chi connectivity index (χ4n) is 15.1. The molecule has 12 nitrogen and oxygen atoms in total. The van der Waals surface area contributed by atoms with E-state index in [2.05, 4.69) is 51.3 Å². The van der Waals surface area contributed by atoms with Crippen LogP contribution in [0, 0.1) is 52.3 Å². The molecule has 0 bridgehead atoms. The molecule has 8 unspecified atom stereocenters. The van der Waals surface area contributed by atoms with Crippen LogP contribution in [0.2, 0.25) is 0 Å². The number of methoxy groups -OCH3 is 1. The lowest BCUT2D eigenvalue weighted by Gasteiger charge is -2.58. The highest BCUT2D eigenvalue weighted by Crippen LogP contribution is 2.67. The average molecular weight is 1060 g/mol. The van der Waals surface area contributed by atoms with Gasteiger partial charge in [0.25, 0.3) is 0 Å². The minimum atomic E-state index is -1.13. The largest absolute Gasteiger partial charge is 0.497 e. The number of likely N-dealkylation sites (tertiary alicyclic amines) is 1. The Hall–Kier alpha value is -5.20. The zero-order valence-electron chi connectivity index (χ0n) is 47.5. The van der Waals surface area contributed by atoms with Gasteiger partial charge in [0.05, 0.1) is 33.3 Å². The van der Waals surface area contributed by atoms with E-state index in [1.807, 2.05) is 78.9 Å². The van der Waals surface area contributed by atoms with Crippen molar-refractivity contribution in [3.63, 3.8) is 0 Å². The second-order valence-electron chi connectivity index (χ2n) is 24.5. The van der Waals surface area contributed by atoms with Crippen molar-refractivity contribution in [3.05, 3.63) is 113 Å². The van der Waals surface area contributed by atoms with Crippen molar-refractivity contribution in [1.82, 2.24) is 15.5 Å². The first-order valence-corrected chi connectivity index (χ1v) is 29.5. The number of nitrogens with zero attached hydrogens (tertiary/aromatic N) is 1. The fourth-order valence-corrected chi connectivity index (χ4v) is 15.1. The molecular weight excluding hydrogens is 967 g/mol. The predicted octanol–water partition coefficient (Wildman–Crippen LogP) is 12.1. The molecule has 3 amide bonds. The number of amides is 3. The number of unbranched alkanes of at least 4 members (excludes halogenated alkanes) is 2. The average Bonchev–Trinajstić information content (AvgIpc) is 4.04. The summed E-state index contributed by atoms with van der Waals surface area (Å²) in [6.45, 7) is 13.5. The van der Waals surface area contributed by atoms with Gasteiger partial charge in [-0.3, -0.25) is 14.4 Å². The smallest absolute Gasteiger partial charge is 0.407 e. The van der Waals surface area contributed by atoms with Gasteiger partial charge in [0, 0.05) is 45.3 Å². The number of benzene rings is 3. The van der Waals surface area contributed by atoms with Crippen LogP contribution in [-0.2, 0) is 40.8 Å². The van der Waals surface area contributed by atoms with E-state index in [-0.39, 0.29) is 67.9 Å². The SMILES string of the molecule is CNC(=O)CCC(=O)OC1CN(C(=O)CCCCCNC(=O)OC2CC[C@@]3(C)C(=CCC4C3CC[C@@]3(C)C4CC[C@@H]3C(C)CCCC(C)C)C2)CC1COC(c1ccccc1)(c1ccc(CO)cc1)c1ccc(OC)cc1. The Morgan fingerprint density at radius 3 is 2.21 bits per heavy atom. The highest BCUT2D eigenvalue weighted by molar-refractivity contribution is 5.81. The standard InChI is InChI=1S/C65H91N3O9/c1-44(2)15-14-16-45(3)55-30-31-56-54-29-26-51-39-53(34-36-63(51,4)57(54)35-37-64(55,56)5)76-62(73)67-38-13-9-12-19-60(71)68-40-47(58(41-68)77-61(72)33-32-59(70)66-6)43-75-65(48-17-10-8-11-18-48,49-22-20-46(42-69)21-23-49)50-24-27-52(74-7)28-25-50/h8,10-11,17-18,20-28,44-45,47,53-58,69H,9,12-16,19,29-43H2,1-7H3,(H,66,70)(H,67,73)/t45?,47?,53?,54?,55-,56?,57?,58?,63+,64-,65?/m1/s1. The number of aliphatic hydroxyl groups excluding tert-OH is 1. The number of esters is 1. The number of aliphatic hydroxyl groups is 1. The zero-order chi connectivity index (χ0) is 54.7. The van der Waals surface area contributed by atoms with Gasteiger partial charge in [-0.1, -0.05) is 139 Å². The van der Waals surface area contributed by atoms with E-state index in [4.69, 9.17) is 18.9 Å². The third-order valence-electron chi connectivity index (χ3n) is 19.5. The van der Waals surface area contributed by atoms with Gasteiger partial charge in [-0.25, -0.2) is 4.79 Å². The molecular formula is C65H91N3O9. The summed E-state index contributed by atoms with van der Waals surface area (Å²) in [4.78, 5) is 54.2. The molecule has 0 aromatic heterocycles. The molecule has 3 saturated carbocycles. The third kappa shape index (κ3) is 13.3. The maximum Gasteiger partial charge on any atom is 0.407 e. The monoisotopic (exact) mass is 1060 g/mol. The van der Waals surface area contributed by atoms with Gasteiger partial charge in [0.1, 0.15) is 23.6 Å². The Labute approximate surface area is 460 Å². The van der Waals surface area contributed by atoms with Crippen LogP contribution in [-0.4, -0.2) is 86.5 Å². The maximum atomic E-state index is 13.9. The van der Waals surface area contributed by atoms with E-state index in [1.54, 1.807) is 12.0 Å². The normalized spacial score (nSPS) is 27.8. The van der Waals surface area contributed by atoms with Crippen molar-refractivity contribution in [2.24, 2.45) is 52.3 Å². The van der Waals surface area contributed by atoms with Gasteiger partial charge >= 0.3 is 12.1 Å². The summed E-state index contributed by atoms with van der Waals surface area (Å²) >= 11 is 0. The molecule has 8 rings (SSSR count). The number of hydrogen-bond donors (Lipinski definition) is 3. The Kier molecular flexibility index (Phi) is 19.7. The van der Waals surface area contributed by atoms with Crippen LogP contribution in [0.3, 0.4) is 0 Å².